The molecule has 0 fully saturated rings. The number of rotatable bonds is 4. The van der Waals surface area contributed by atoms with Gasteiger partial charge in [0.15, 0.2) is 0 Å². The summed E-state index contributed by atoms with van der Waals surface area (Å²) in [6.45, 7) is 4.21. The summed E-state index contributed by atoms with van der Waals surface area (Å²) in [5, 5.41) is 13.0. The third kappa shape index (κ3) is 3.08. The third-order valence-corrected chi connectivity index (χ3v) is 3.08. The number of pyridine rings is 1. The van der Waals surface area contributed by atoms with E-state index in [-0.39, 0.29) is 12.1 Å². The average Bonchev–Trinajstić information content (AvgIpc) is 2.39. The van der Waals surface area contributed by atoms with Crippen molar-refractivity contribution in [1.82, 2.24) is 10.3 Å². The highest BCUT2D eigenvalue weighted by Gasteiger charge is 2.11. The van der Waals surface area contributed by atoms with Crippen LogP contribution in [0.25, 0.3) is 0 Å². The minimum atomic E-state index is 0.181. The van der Waals surface area contributed by atoms with E-state index in [1.807, 2.05) is 24.3 Å². The van der Waals surface area contributed by atoms with Crippen molar-refractivity contribution in [1.29, 1.82) is 0 Å². The van der Waals surface area contributed by atoms with Gasteiger partial charge in [-0.1, -0.05) is 12.1 Å². The third-order valence-electron chi connectivity index (χ3n) is 3.08. The Hall–Kier alpha value is -1.87. The van der Waals surface area contributed by atoms with Gasteiger partial charge in [-0.3, -0.25) is 4.98 Å². The van der Waals surface area contributed by atoms with Crippen molar-refractivity contribution < 1.29 is 5.11 Å². The van der Waals surface area contributed by atoms with Crippen LogP contribution in [0.1, 0.15) is 37.1 Å². The van der Waals surface area contributed by atoms with E-state index >= 15 is 0 Å². The number of hydrogen-bond donors (Lipinski definition) is 2. The number of phenols is 1. The maximum absolute atomic E-state index is 9.48. The zero-order valence-corrected chi connectivity index (χ0v) is 10.7. The lowest BCUT2D eigenvalue weighted by molar-refractivity contribution is 0.466. The Bertz CT molecular complexity index is 499. The average molecular weight is 242 g/mol. The van der Waals surface area contributed by atoms with Crippen LogP contribution in [-0.4, -0.2) is 10.1 Å². The number of nitrogens with one attached hydrogen (secondary N) is 1. The molecule has 0 bridgehead atoms. The molecule has 0 spiro atoms. The van der Waals surface area contributed by atoms with Gasteiger partial charge in [0.2, 0.25) is 0 Å². The molecule has 1 aromatic carbocycles. The van der Waals surface area contributed by atoms with E-state index in [0.29, 0.717) is 5.75 Å². The van der Waals surface area contributed by atoms with Crippen molar-refractivity contribution in [2.75, 3.05) is 0 Å². The summed E-state index contributed by atoms with van der Waals surface area (Å²) in [5.41, 5.74) is 2.29. The molecule has 2 aromatic rings. The van der Waals surface area contributed by atoms with E-state index in [1.165, 1.54) is 5.56 Å². The largest absolute Gasteiger partial charge is 0.508 e. The zero-order chi connectivity index (χ0) is 13.0. The second kappa shape index (κ2) is 5.65. The van der Waals surface area contributed by atoms with Crippen LogP contribution in [0.2, 0.25) is 0 Å². The van der Waals surface area contributed by atoms with Gasteiger partial charge in [-0.25, -0.2) is 0 Å². The monoisotopic (exact) mass is 242 g/mol. The fourth-order valence-electron chi connectivity index (χ4n) is 2.01. The van der Waals surface area contributed by atoms with Crippen LogP contribution in [0.3, 0.4) is 0 Å². The summed E-state index contributed by atoms with van der Waals surface area (Å²) >= 11 is 0. The first-order chi connectivity index (χ1) is 8.66. The first-order valence-electron chi connectivity index (χ1n) is 6.11. The van der Waals surface area contributed by atoms with Crippen molar-refractivity contribution in [2.45, 2.75) is 25.9 Å². The van der Waals surface area contributed by atoms with Gasteiger partial charge in [0.05, 0.1) is 0 Å². The molecule has 1 unspecified atom stereocenters. The Morgan fingerprint density at radius 2 is 1.67 bits per heavy atom. The molecule has 0 radical (unpaired) electrons. The standard InChI is InChI=1S/C15H18N2O/c1-11(13-6-8-16-9-7-13)17-12(2)14-4-3-5-15(18)10-14/h3-12,17-18H,1-2H3/t11-,12?/m0/s1. The first kappa shape index (κ1) is 12.6. The molecule has 2 atom stereocenters. The second-order valence-electron chi connectivity index (χ2n) is 4.49. The van der Waals surface area contributed by atoms with Crippen LogP contribution >= 0.6 is 0 Å². The molecule has 0 aliphatic rings. The molecule has 0 saturated carbocycles. The van der Waals surface area contributed by atoms with Crippen LogP contribution in [0, 0.1) is 0 Å². The van der Waals surface area contributed by atoms with Gasteiger partial charge in [0.1, 0.15) is 5.75 Å². The topological polar surface area (TPSA) is 45.2 Å². The van der Waals surface area contributed by atoms with Gasteiger partial charge in [0, 0.05) is 24.5 Å². The molecule has 2 rings (SSSR count). The molecule has 0 aliphatic carbocycles. The molecule has 1 aromatic heterocycles. The molecular formula is C15H18N2O. The van der Waals surface area contributed by atoms with Crippen LogP contribution in [0.4, 0.5) is 0 Å². The molecule has 2 N–H and O–H groups in total. The highest BCUT2D eigenvalue weighted by molar-refractivity contribution is 5.29. The lowest BCUT2D eigenvalue weighted by Gasteiger charge is -2.20. The molecule has 18 heavy (non-hydrogen) atoms. The molecule has 3 heteroatoms. The van der Waals surface area contributed by atoms with E-state index in [1.54, 1.807) is 24.5 Å². The number of aromatic nitrogens is 1. The quantitative estimate of drug-likeness (QED) is 0.865. The summed E-state index contributed by atoms with van der Waals surface area (Å²) in [5.74, 6) is 0.303. The van der Waals surface area contributed by atoms with Crippen molar-refractivity contribution >= 4 is 0 Å². The van der Waals surface area contributed by atoms with Gasteiger partial charge in [-0.2, -0.15) is 0 Å². The SMILES string of the molecule is CC(N[C@@H](C)c1ccncc1)c1cccc(O)c1. The fourth-order valence-corrected chi connectivity index (χ4v) is 2.01. The van der Waals surface area contributed by atoms with Gasteiger partial charge in [-0.15, -0.1) is 0 Å². The minimum Gasteiger partial charge on any atom is -0.508 e. The van der Waals surface area contributed by atoms with Gasteiger partial charge in [0.25, 0.3) is 0 Å². The Balaban J connectivity index is 2.05. The van der Waals surface area contributed by atoms with Gasteiger partial charge < -0.3 is 10.4 Å². The lowest BCUT2D eigenvalue weighted by atomic mass is 10.0. The van der Waals surface area contributed by atoms with Gasteiger partial charge in [-0.05, 0) is 49.2 Å². The van der Waals surface area contributed by atoms with Crippen molar-refractivity contribution in [3.05, 3.63) is 59.9 Å². The Morgan fingerprint density at radius 1 is 1.00 bits per heavy atom. The number of phenolic OH excluding ortho intramolecular Hbond substituents is 1. The number of nitrogens with zero attached hydrogens (tertiary/aromatic N) is 1. The summed E-state index contributed by atoms with van der Waals surface area (Å²) in [7, 11) is 0. The van der Waals surface area contributed by atoms with Crippen LogP contribution in [-0.2, 0) is 0 Å². The molecule has 0 saturated heterocycles. The molecular weight excluding hydrogens is 224 g/mol. The van der Waals surface area contributed by atoms with Crippen molar-refractivity contribution in [2.24, 2.45) is 0 Å². The Morgan fingerprint density at radius 3 is 2.33 bits per heavy atom. The number of hydrogen-bond acceptors (Lipinski definition) is 3. The maximum Gasteiger partial charge on any atom is 0.115 e. The maximum atomic E-state index is 9.48. The lowest BCUT2D eigenvalue weighted by Crippen LogP contribution is -2.22. The van der Waals surface area contributed by atoms with Crippen molar-refractivity contribution in [3.8, 4) is 5.75 Å². The second-order valence-corrected chi connectivity index (χ2v) is 4.49. The van der Waals surface area contributed by atoms with E-state index in [2.05, 4.69) is 24.1 Å². The molecule has 0 aliphatic heterocycles. The summed E-state index contributed by atoms with van der Waals surface area (Å²) in [6, 6.07) is 11.8. The molecule has 1 heterocycles. The van der Waals surface area contributed by atoms with E-state index in [0.717, 1.165) is 5.56 Å². The minimum absolute atomic E-state index is 0.181. The normalized spacial score (nSPS) is 14.1. The zero-order valence-electron chi connectivity index (χ0n) is 10.7. The van der Waals surface area contributed by atoms with Crippen molar-refractivity contribution in [3.63, 3.8) is 0 Å². The molecule has 0 amide bonds. The predicted octanol–water partition coefficient (Wildman–Crippen LogP) is 3.20. The first-order valence-corrected chi connectivity index (χ1v) is 6.11. The summed E-state index contributed by atoms with van der Waals surface area (Å²) in [4.78, 5) is 4.02. The highest BCUT2D eigenvalue weighted by atomic mass is 16.3. The Labute approximate surface area is 108 Å². The highest BCUT2D eigenvalue weighted by Crippen LogP contribution is 2.21. The number of benzene rings is 1. The number of aromatic hydroxyl groups is 1. The van der Waals surface area contributed by atoms with Crippen LogP contribution in [0.15, 0.2) is 48.8 Å². The van der Waals surface area contributed by atoms with E-state index in [4.69, 9.17) is 0 Å². The molecule has 3 nitrogen and oxygen atoms in total. The van der Waals surface area contributed by atoms with Crippen LogP contribution < -0.4 is 5.32 Å². The summed E-state index contributed by atoms with van der Waals surface area (Å²) in [6.07, 6.45) is 3.60. The van der Waals surface area contributed by atoms with E-state index < -0.39 is 0 Å². The fraction of sp³-hybridized carbons (Fsp3) is 0.267. The smallest absolute Gasteiger partial charge is 0.115 e. The van der Waals surface area contributed by atoms with Gasteiger partial charge >= 0.3 is 0 Å². The predicted molar refractivity (Wildman–Crippen MR) is 72.3 cm³/mol. The van der Waals surface area contributed by atoms with Crippen LogP contribution in [0.5, 0.6) is 5.75 Å². The molecule has 94 valence electrons. The Kier molecular flexibility index (Phi) is 3.95. The summed E-state index contributed by atoms with van der Waals surface area (Å²) < 4.78 is 0. The van der Waals surface area contributed by atoms with E-state index in [9.17, 15) is 5.11 Å².